The van der Waals surface area contributed by atoms with Crippen LogP contribution in [-0.4, -0.2) is 18.4 Å². The number of rotatable bonds is 4. The third-order valence-electron chi connectivity index (χ3n) is 4.27. The Balaban J connectivity index is 1.58. The van der Waals surface area contributed by atoms with Crippen LogP contribution in [0, 0.1) is 23.4 Å². The Labute approximate surface area is 152 Å². The third kappa shape index (κ3) is 3.90. The molecule has 2 amide bonds. The second kappa shape index (κ2) is 7.49. The molecule has 1 aromatic heterocycles. The number of fused-ring (bicyclic) bond motifs is 1. The number of anilines is 1. The van der Waals surface area contributed by atoms with Gasteiger partial charge in [-0.05, 0) is 48.9 Å². The second-order valence-corrected chi connectivity index (χ2v) is 7.50. The molecule has 138 valence electrons. The van der Waals surface area contributed by atoms with Crippen molar-refractivity contribution in [3.63, 3.8) is 0 Å². The molecule has 8 heteroatoms. The molecule has 0 saturated heterocycles. The normalized spacial score (nSPS) is 16.1. The highest BCUT2D eigenvalue weighted by Crippen LogP contribution is 2.32. The van der Waals surface area contributed by atoms with Crippen molar-refractivity contribution in [2.45, 2.75) is 26.2 Å². The zero-order valence-corrected chi connectivity index (χ0v) is 14.8. The van der Waals surface area contributed by atoms with Crippen molar-refractivity contribution < 1.29 is 22.8 Å². The van der Waals surface area contributed by atoms with Gasteiger partial charge in [-0.15, -0.1) is 11.3 Å². The van der Waals surface area contributed by atoms with E-state index >= 15 is 0 Å². The fourth-order valence-electron chi connectivity index (χ4n) is 2.88. The average Bonchev–Trinajstić information content (AvgIpc) is 3.03. The summed E-state index contributed by atoms with van der Waals surface area (Å²) in [5, 5.41) is 4.56. The standard InChI is InChI=1S/C18H17F3N2O2S/c1-9-2-5-13-10(6-9)7-14(26-13)18(25)22-8-15(24)23-12-4-3-11(19)16(20)17(12)21/h3-4,7,9H,2,5-6,8H2,1H3,(H,22,25)(H,23,24)/t9-/m1/s1. The van der Waals surface area contributed by atoms with Crippen LogP contribution in [0.15, 0.2) is 18.2 Å². The largest absolute Gasteiger partial charge is 0.342 e. The van der Waals surface area contributed by atoms with Crippen molar-refractivity contribution >= 4 is 28.8 Å². The molecule has 2 aromatic rings. The Hall–Kier alpha value is -2.35. The molecule has 0 aliphatic heterocycles. The van der Waals surface area contributed by atoms with Gasteiger partial charge >= 0.3 is 0 Å². The van der Waals surface area contributed by atoms with Gasteiger partial charge in [0.2, 0.25) is 5.91 Å². The second-order valence-electron chi connectivity index (χ2n) is 6.36. The molecule has 4 nitrogen and oxygen atoms in total. The van der Waals surface area contributed by atoms with Crippen molar-refractivity contribution in [3.8, 4) is 0 Å². The van der Waals surface area contributed by atoms with Crippen molar-refractivity contribution in [2.75, 3.05) is 11.9 Å². The molecule has 1 aromatic carbocycles. The van der Waals surface area contributed by atoms with E-state index in [1.54, 1.807) is 0 Å². The summed E-state index contributed by atoms with van der Waals surface area (Å²) in [5.41, 5.74) is 0.691. The third-order valence-corrected chi connectivity index (χ3v) is 5.51. The molecule has 0 fully saturated rings. The fourth-order valence-corrected chi connectivity index (χ4v) is 4.01. The SMILES string of the molecule is C[C@@H]1CCc2sc(C(=O)NCC(=O)Nc3ccc(F)c(F)c3F)cc2C1. The number of hydrogen-bond acceptors (Lipinski definition) is 3. The number of carbonyl (C=O) groups is 2. The van der Waals surface area contributed by atoms with Crippen LogP contribution in [0.4, 0.5) is 18.9 Å². The number of nitrogens with one attached hydrogen (secondary N) is 2. The minimum Gasteiger partial charge on any atom is -0.342 e. The molecule has 0 spiro atoms. The van der Waals surface area contributed by atoms with Gasteiger partial charge in [0.05, 0.1) is 17.1 Å². The molecule has 0 unspecified atom stereocenters. The predicted molar refractivity (Wildman–Crippen MR) is 92.8 cm³/mol. The van der Waals surface area contributed by atoms with E-state index in [1.165, 1.54) is 21.8 Å². The van der Waals surface area contributed by atoms with Crippen molar-refractivity contribution in [1.29, 1.82) is 0 Å². The van der Waals surface area contributed by atoms with Gasteiger partial charge in [0.15, 0.2) is 17.5 Å². The van der Waals surface area contributed by atoms with Crippen LogP contribution in [0.1, 0.15) is 33.5 Å². The van der Waals surface area contributed by atoms with Crippen LogP contribution in [0.3, 0.4) is 0 Å². The average molecular weight is 382 g/mol. The van der Waals surface area contributed by atoms with E-state index in [-0.39, 0.29) is 0 Å². The lowest BCUT2D eigenvalue weighted by atomic mass is 9.90. The topological polar surface area (TPSA) is 58.2 Å². The number of thiophene rings is 1. The van der Waals surface area contributed by atoms with Crippen LogP contribution in [0.2, 0.25) is 0 Å². The summed E-state index contributed by atoms with van der Waals surface area (Å²) in [4.78, 5) is 25.8. The van der Waals surface area contributed by atoms with Crippen LogP contribution < -0.4 is 10.6 Å². The van der Waals surface area contributed by atoms with E-state index in [0.29, 0.717) is 16.9 Å². The fraction of sp³-hybridized carbons (Fsp3) is 0.333. The van der Waals surface area contributed by atoms with Crippen LogP contribution in [0.5, 0.6) is 0 Å². The molecule has 1 aliphatic rings. The van der Waals surface area contributed by atoms with Gasteiger partial charge in [0, 0.05) is 4.88 Å². The number of aryl methyl sites for hydroxylation is 1. The first-order valence-electron chi connectivity index (χ1n) is 8.18. The van der Waals surface area contributed by atoms with E-state index in [1.807, 2.05) is 6.07 Å². The van der Waals surface area contributed by atoms with Gasteiger partial charge in [-0.2, -0.15) is 0 Å². The smallest absolute Gasteiger partial charge is 0.261 e. The molecule has 0 bridgehead atoms. The lowest BCUT2D eigenvalue weighted by molar-refractivity contribution is -0.115. The predicted octanol–water partition coefficient (Wildman–Crippen LogP) is 3.66. The summed E-state index contributed by atoms with van der Waals surface area (Å²) in [6.45, 7) is 1.76. The Morgan fingerprint density at radius 3 is 2.77 bits per heavy atom. The number of halogens is 3. The maximum Gasteiger partial charge on any atom is 0.261 e. The number of amides is 2. The van der Waals surface area contributed by atoms with E-state index in [4.69, 9.17) is 0 Å². The molecule has 2 N–H and O–H groups in total. The highest BCUT2D eigenvalue weighted by Gasteiger charge is 2.21. The molecular weight excluding hydrogens is 365 g/mol. The summed E-state index contributed by atoms with van der Waals surface area (Å²) >= 11 is 1.41. The van der Waals surface area contributed by atoms with Crippen molar-refractivity contribution in [2.24, 2.45) is 5.92 Å². The molecule has 1 heterocycles. The molecule has 1 atom stereocenters. The first kappa shape index (κ1) is 18.4. The van der Waals surface area contributed by atoms with Gasteiger partial charge in [-0.1, -0.05) is 6.92 Å². The van der Waals surface area contributed by atoms with Gasteiger partial charge < -0.3 is 10.6 Å². The highest BCUT2D eigenvalue weighted by molar-refractivity contribution is 7.14. The van der Waals surface area contributed by atoms with E-state index in [0.717, 1.165) is 25.3 Å². The number of benzene rings is 1. The highest BCUT2D eigenvalue weighted by atomic mass is 32.1. The zero-order valence-electron chi connectivity index (χ0n) is 14.0. The van der Waals surface area contributed by atoms with Gasteiger partial charge in [-0.3, -0.25) is 9.59 Å². The summed E-state index contributed by atoms with van der Waals surface area (Å²) in [6, 6.07) is 3.48. The minimum absolute atomic E-state index is 0.391. The zero-order chi connectivity index (χ0) is 18.8. The number of carbonyl (C=O) groups excluding carboxylic acids is 2. The lowest BCUT2D eigenvalue weighted by Gasteiger charge is -2.16. The monoisotopic (exact) mass is 382 g/mol. The van der Waals surface area contributed by atoms with Gasteiger partial charge in [0.1, 0.15) is 0 Å². The molecule has 1 aliphatic carbocycles. The maximum atomic E-state index is 13.5. The minimum atomic E-state index is -1.66. The molecule has 0 saturated carbocycles. The van der Waals surface area contributed by atoms with Crippen LogP contribution >= 0.6 is 11.3 Å². The Bertz CT molecular complexity index is 866. The summed E-state index contributed by atoms with van der Waals surface area (Å²) < 4.78 is 39.6. The first-order valence-corrected chi connectivity index (χ1v) is 9.00. The van der Waals surface area contributed by atoms with Gasteiger partial charge in [0.25, 0.3) is 5.91 Å². The Morgan fingerprint density at radius 1 is 1.23 bits per heavy atom. The number of hydrogen-bond donors (Lipinski definition) is 2. The van der Waals surface area contributed by atoms with E-state index in [2.05, 4.69) is 17.6 Å². The molecular formula is C18H17F3N2O2S. The van der Waals surface area contributed by atoms with E-state index in [9.17, 15) is 22.8 Å². The summed E-state index contributed by atoms with van der Waals surface area (Å²) in [5.74, 6) is -5.03. The lowest BCUT2D eigenvalue weighted by Crippen LogP contribution is -2.32. The van der Waals surface area contributed by atoms with Crippen LogP contribution in [-0.2, 0) is 17.6 Å². The Morgan fingerprint density at radius 2 is 2.00 bits per heavy atom. The van der Waals surface area contributed by atoms with Crippen LogP contribution in [0.25, 0.3) is 0 Å². The summed E-state index contributed by atoms with van der Waals surface area (Å²) in [6.07, 6.45) is 2.98. The molecule has 26 heavy (non-hydrogen) atoms. The first-order chi connectivity index (χ1) is 12.3. The maximum absolute atomic E-state index is 13.5. The van der Waals surface area contributed by atoms with Crippen molar-refractivity contribution in [3.05, 3.63) is 51.0 Å². The molecule has 0 radical (unpaired) electrons. The van der Waals surface area contributed by atoms with Crippen molar-refractivity contribution in [1.82, 2.24) is 5.32 Å². The van der Waals surface area contributed by atoms with E-state index < -0.39 is 41.5 Å². The quantitative estimate of drug-likeness (QED) is 0.793. The Kier molecular flexibility index (Phi) is 5.31. The molecule has 3 rings (SSSR count). The summed E-state index contributed by atoms with van der Waals surface area (Å²) in [7, 11) is 0. The van der Waals surface area contributed by atoms with Gasteiger partial charge in [-0.25, -0.2) is 13.2 Å².